The summed E-state index contributed by atoms with van der Waals surface area (Å²) in [6.45, 7) is 4.70. The van der Waals surface area contributed by atoms with Gasteiger partial charge in [0.1, 0.15) is 11.6 Å². The predicted octanol–water partition coefficient (Wildman–Crippen LogP) is 7.14. The average molecular weight is 598 g/mol. The van der Waals surface area contributed by atoms with Crippen molar-refractivity contribution in [2.75, 3.05) is 30.0 Å². The number of halogens is 7. The van der Waals surface area contributed by atoms with Crippen LogP contribution >= 0.6 is 0 Å². The fraction of sp³-hybridized carbons (Fsp3) is 0.400. The number of rotatable bonds is 6. The molecule has 226 valence electrons. The largest absolute Gasteiger partial charge is 0.416 e. The molecule has 1 atom stereocenters. The molecule has 2 aromatic carbocycles. The van der Waals surface area contributed by atoms with Crippen LogP contribution in [0.3, 0.4) is 0 Å². The Kier molecular flexibility index (Phi) is 8.34. The van der Waals surface area contributed by atoms with Crippen LogP contribution in [0.15, 0.2) is 48.7 Å². The first kappa shape index (κ1) is 31.3. The maximum Gasteiger partial charge on any atom is 0.416 e. The Balaban J connectivity index is 1.83. The van der Waals surface area contributed by atoms with Crippen molar-refractivity contribution in [1.29, 1.82) is 0 Å². The third-order valence-corrected chi connectivity index (χ3v) is 7.74. The fourth-order valence-corrected chi connectivity index (χ4v) is 5.30. The quantitative estimate of drug-likeness (QED) is 0.307. The van der Waals surface area contributed by atoms with Crippen LogP contribution in [0.4, 0.5) is 42.2 Å². The number of alkyl halides is 6. The van der Waals surface area contributed by atoms with Crippen LogP contribution in [-0.2, 0) is 22.6 Å². The van der Waals surface area contributed by atoms with E-state index in [-0.39, 0.29) is 24.4 Å². The summed E-state index contributed by atoms with van der Waals surface area (Å²) in [5.74, 6) is -0.774. The fourth-order valence-electron chi connectivity index (χ4n) is 5.30. The first-order chi connectivity index (χ1) is 19.4. The molecule has 0 saturated carbocycles. The van der Waals surface area contributed by atoms with E-state index >= 15 is 0 Å². The van der Waals surface area contributed by atoms with Crippen molar-refractivity contribution in [2.45, 2.75) is 57.4 Å². The summed E-state index contributed by atoms with van der Waals surface area (Å²) < 4.78 is 95.3. The average Bonchev–Trinajstić information content (AvgIpc) is 3.40. The molecule has 0 bridgehead atoms. The molecule has 12 heteroatoms. The molecule has 1 aromatic heterocycles. The second kappa shape index (κ2) is 11.2. The van der Waals surface area contributed by atoms with Gasteiger partial charge in [0.05, 0.1) is 41.1 Å². The van der Waals surface area contributed by atoms with Crippen molar-refractivity contribution in [2.24, 2.45) is 0 Å². The lowest BCUT2D eigenvalue weighted by Gasteiger charge is -2.32. The third kappa shape index (κ3) is 6.08. The Morgan fingerprint density at radius 2 is 1.57 bits per heavy atom. The zero-order chi connectivity index (χ0) is 31.2. The van der Waals surface area contributed by atoms with Gasteiger partial charge in [-0.3, -0.25) is 4.79 Å². The van der Waals surface area contributed by atoms with Gasteiger partial charge in [-0.25, -0.2) is 9.37 Å². The summed E-state index contributed by atoms with van der Waals surface area (Å²) in [5, 5.41) is 9.81. The van der Waals surface area contributed by atoms with Gasteiger partial charge in [-0.1, -0.05) is 6.07 Å². The van der Waals surface area contributed by atoms with E-state index in [1.54, 1.807) is 13.0 Å². The molecule has 42 heavy (non-hydrogen) atoms. The second-order valence-electron chi connectivity index (χ2n) is 11.0. The van der Waals surface area contributed by atoms with Crippen LogP contribution in [-0.4, -0.2) is 42.2 Å². The number of carbonyl (C=O) groups excluding carboxylic acids is 1. The standard InChI is InChI=1S/C30H30F7N3O2/c1-17-10-21(31)7-8-23(17)24-14-26(40-9-5-6-22(40)16-41)38-15-25(24)39(4)27(42)28(2,3)18-11-19(29(32,33)34)13-20(12-18)30(35,36)37/h7-8,10-15,22,41H,5-6,9,16H2,1-4H3/t22-/m1/s1. The number of amides is 1. The van der Waals surface area contributed by atoms with Gasteiger partial charge >= 0.3 is 12.4 Å². The van der Waals surface area contributed by atoms with E-state index in [1.165, 1.54) is 45.3 Å². The normalized spacial score (nSPS) is 16.2. The smallest absolute Gasteiger partial charge is 0.394 e. The summed E-state index contributed by atoms with van der Waals surface area (Å²) in [5.41, 5.74) is -3.59. The Bertz CT molecular complexity index is 1450. The number of aliphatic hydroxyl groups is 1. The van der Waals surface area contributed by atoms with E-state index < -0.39 is 46.2 Å². The third-order valence-electron chi connectivity index (χ3n) is 7.74. The monoisotopic (exact) mass is 597 g/mol. The number of benzene rings is 2. The Hall–Kier alpha value is -3.67. The molecular weight excluding hydrogens is 567 g/mol. The number of nitrogens with zero attached hydrogens (tertiary/aromatic N) is 3. The van der Waals surface area contributed by atoms with E-state index in [4.69, 9.17) is 0 Å². The first-order valence-electron chi connectivity index (χ1n) is 13.2. The number of likely N-dealkylation sites (N-methyl/N-ethyl adjacent to an activating group) is 1. The summed E-state index contributed by atoms with van der Waals surface area (Å²) >= 11 is 0. The minimum Gasteiger partial charge on any atom is -0.394 e. The summed E-state index contributed by atoms with van der Waals surface area (Å²) in [6.07, 6.45) is -7.19. The van der Waals surface area contributed by atoms with Gasteiger partial charge < -0.3 is 14.9 Å². The van der Waals surface area contributed by atoms with Crippen molar-refractivity contribution in [3.8, 4) is 11.1 Å². The lowest BCUT2D eigenvalue weighted by molar-refractivity contribution is -0.143. The molecule has 1 N–H and O–H groups in total. The van der Waals surface area contributed by atoms with Crippen LogP contribution in [0.5, 0.6) is 0 Å². The minimum absolute atomic E-state index is 0.0177. The molecule has 1 fully saturated rings. The Morgan fingerprint density at radius 1 is 0.976 bits per heavy atom. The first-order valence-corrected chi connectivity index (χ1v) is 13.2. The number of aliphatic hydroxyl groups excluding tert-OH is 1. The number of aryl methyl sites for hydroxylation is 1. The minimum atomic E-state index is -5.07. The predicted molar refractivity (Wildman–Crippen MR) is 145 cm³/mol. The highest BCUT2D eigenvalue weighted by Gasteiger charge is 2.41. The number of carbonyl (C=O) groups is 1. The lowest BCUT2D eigenvalue weighted by Crippen LogP contribution is -2.42. The van der Waals surface area contributed by atoms with Crippen molar-refractivity contribution in [3.63, 3.8) is 0 Å². The molecule has 1 aliphatic rings. The van der Waals surface area contributed by atoms with E-state index in [0.717, 1.165) is 17.7 Å². The van der Waals surface area contributed by atoms with Crippen molar-refractivity contribution in [1.82, 2.24) is 4.98 Å². The van der Waals surface area contributed by atoms with Gasteiger partial charge in [0.2, 0.25) is 5.91 Å². The molecule has 1 amide bonds. The molecule has 0 unspecified atom stereocenters. The Labute approximate surface area is 238 Å². The second-order valence-corrected chi connectivity index (χ2v) is 11.0. The number of hydrogen-bond acceptors (Lipinski definition) is 4. The SMILES string of the molecule is Cc1cc(F)ccc1-c1cc(N2CCC[C@@H]2CO)ncc1N(C)C(=O)C(C)(C)c1cc(C(F)(F)F)cc(C(F)(F)F)c1. The van der Waals surface area contributed by atoms with Gasteiger partial charge in [0.25, 0.3) is 0 Å². The molecule has 1 aliphatic heterocycles. The summed E-state index contributed by atoms with van der Waals surface area (Å²) in [7, 11) is 1.35. The number of hydrogen-bond donors (Lipinski definition) is 1. The summed E-state index contributed by atoms with van der Waals surface area (Å²) in [4.78, 5) is 21.4. The van der Waals surface area contributed by atoms with Gasteiger partial charge in [-0.2, -0.15) is 26.3 Å². The van der Waals surface area contributed by atoms with Gasteiger partial charge in [-0.15, -0.1) is 0 Å². The van der Waals surface area contributed by atoms with Crippen LogP contribution in [0.1, 0.15) is 48.9 Å². The molecule has 0 radical (unpaired) electrons. The molecule has 4 rings (SSSR count). The van der Waals surface area contributed by atoms with Crippen LogP contribution in [0.25, 0.3) is 11.1 Å². The highest BCUT2D eigenvalue weighted by Crippen LogP contribution is 2.41. The van der Waals surface area contributed by atoms with Gasteiger partial charge in [0.15, 0.2) is 0 Å². The number of pyridine rings is 1. The van der Waals surface area contributed by atoms with Crippen molar-refractivity contribution >= 4 is 17.4 Å². The topological polar surface area (TPSA) is 56.7 Å². The molecule has 0 aliphatic carbocycles. The molecule has 3 aromatic rings. The van der Waals surface area contributed by atoms with Crippen molar-refractivity contribution < 1.29 is 40.6 Å². The maximum atomic E-state index is 14.0. The van der Waals surface area contributed by atoms with Gasteiger partial charge in [-0.05, 0) is 86.7 Å². The van der Waals surface area contributed by atoms with E-state index in [0.29, 0.717) is 41.2 Å². The van der Waals surface area contributed by atoms with Gasteiger partial charge in [0, 0.05) is 19.2 Å². The molecule has 0 spiro atoms. The van der Waals surface area contributed by atoms with E-state index in [2.05, 4.69) is 4.98 Å². The Morgan fingerprint density at radius 3 is 2.12 bits per heavy atom. The molecule has 5 nitrogen and oxygen atoms in total. The highest BCUT2D eigenvalue weighted by atomic mass is 19.4. The maximum absolute atomic E-state index is 14.0. The van der Waals surface area contributed by atoms with Crippen LogP contribution in [0, 0.1) is 12.7 Å². The molecular formula is C30H30F7N3O2. The van der Waals surface area contributed by atoms with E-state index in [9.17, 15) is 40.6 Å². The summed E-state index contributed by atoms with van der Waals surface area (Å²) in [6, 6.07) is 6.70. The molecule has 1 saturated heterocycles. The van der Waals surface area contributed by atoms with E-state index in [1.807, 2.05) is 4.90 Å². The zero-order valence-corrected chi connectivity index (χ0v) is 23.4. The van der Waals surface area contributed by atoms with Crippen LogP contribution in [0.2, 0.25) is 0 Å². The molecule has 2 heterocycles. The lowest BCUT2D eigenvalue weighted by atomic mass is 9.81. The van der Waals surface area contributed by atoms with Crippen molar-refractivity contribution in [3.05, 3.63) is 76.7 Å². The highest BCUT2D eigenvalue weighted by molar-refractivity contribution is 6.03. The number of aromatic nitrogens is 1. The zero-order valence-electron chi connectivity index (χ0n) is 23.4. The number of anilines is 2. The van der Waals surface area contributed by atoms with Crippen LogP contribution < -0.4 is 9.80 Å².